The van der Waals surface area contributed by atoms with Gasteiger partial charge in [-0.3, -0.25) is 4.57 Å². The quantitative estimate of drug-likeness (QED) is 0.392. The first-order chi connectivity index (χ1) is 13.0. The number of pyridine rings is 1. The summed E-state index contributed by atoms with van der Waals surface area (Å²) in [4.78, 5) is 9.59. The van der Waals surface area contributed by atoms with Crippen LogP contribution in [-0.4, -0.2) is 19.3 Å². The fourth-order valence-electron chi connectivity index (χ4n) is 3.70. The number of imidazole rings is 1. The Kier molecular flexibility index (Phi) is 3.80. The number of fused-ring (bicyclic) bond motifs is 2. The van der Waals surface area contributed by atoms with E-state index in [1.807, 2.05) is 18.3 Å². The highest BCUT2D eigenvalue weighted by molar-refractivity contribution is 8.00. The molecule has 0 radical (unpaired) electrons. The highest BCUT2D eigenvalue weighted by atomic mass is 32.2. The first kappa shape index (κ1) is 16.8. The second-order valence-corrected chi connectivity index (χ2v) is 10.1. The van der Waals surface area contributed by atoms with E-state index < -0.39 is 0 Å². The number of nitrogens with zero attached hydrogens (tertiary/aromatic N) is 3. The molecule has 27 heavy (non-hydrogen) atoms. The lowest BCUT2D eigenvalue weighted by Crippen LogP contribution is -2.10. The van der Waals surface area contributed by atoms with E-state index in [9.17, 15) is 0 Å². The van der Waals surface area contributed by atoms with E-state index in [4.69, 9.17) is 4.98 Å². The van der Waals surface area contributed by atoms with E-state index >= 15 is 0 Å². The van der Waals surface area contributed by atoms with Crippen LogP contribution < -0.4 is 0 Å². The Balaban J connectivity index is 1.81. The zero-order valence-electron chi connectivity index (χ0n) is 15.9. The predicted molar refractivity (Wildman–Crippen MR) is 114 cm³/mol. The number of rotatable bonds is 3. The summed E-state index contributed by atoms with van der Waals surface area (Å²) < 4.78 is 2.31. The van der Waals surface area contributed by atoms with Crippen molar-refractivity contribution in [1.29, 1.82) is 0 Å². The highest BCUT2D eigenvalue weighted by Gasteiger charge is 2.27. The fourth-order valence-corrected chi connectivity index (χ4v) is 4.67. The Morgan fingerprint density at radius 2 is 1.74 bits per heavy atom. The molecule has 1 aliphatic carbocycles. The molecule has 4 heteroatoms. The van der Waals surface area contributed by atoms with Gasteiger partial charge in [0.05, 0.1) is 5.69 Å². The normalized spacial score (nSPS) is 14.9. The van der Waals surface area contributed by atoms with E-state index in [1.165, 1.54) is 34.9 Å². The molecule has 3 nitrogen and oxygen atoms in total. The molecule has 0 unspecified atom stereocenters. The Morgan fingerprint density at radius 1 is 0.963 bits per heavy atom. The fraction of sp³-hybridized carbons (Fsp3) is 0.304. The summed E-state index contributed by atoms with van der Waals surface area (Å²) in [5.41, 5.74) is 4.52. The van der Waals surface area contributed by atoms with Crippen LogP contribution in [0, 0.1) is 0 Å². The number of hydrogen-bond donors (Lipinski definition) is 0. The smallest absolute Gasteiger partial charge is 0.175 e. The van der Waals surface area contributed by atoms with Crippen LogP contribution in [0.5, 0.6) is 0 Å². The van der Waals surface area contributed by atoms with Crippen LogP contribution in [0.25, 0.3) is 27.6 Å². The summed E-state index contributed by atoms with van der Waals surface area (Å²) in [6.45, 7) is 6.68. The third-order valence-electron chi connectivity index (χ3n) is 4.98. The van der Waals surface area contributed by atoms with Gasteiger partial charge in [0.2, 0.25) is 0 Å². The number of thioether (sulfide) groups is 1. The zero-order valence-corrected chi connectivity index (χ0v) is 16.8. The summed E-state index contributed by atoms with van der Waals surface area (Å²) >= 11 is 1.79. The molecular formula is C23H23N3S. The van der Waals surface area contributed by atoms with Crippen LogP contribution in [0.4, 0.5) is 0 Å². The molecule has 2 heterocycles. The van der Waals surface area contributed by atoms with Crippen LogP contribution in [0.1, 0.15) is 45.1 Å². The van der Waals surface area contributed by atoms with Gasteiger partial charge in [0.25, 0.3) is 0 Å². The third-order valence-corrected chi connectivity index (χ3v) is 6.04. The van der Waals surface area contributed by atoms with Crippen LogP contribution in [0.15, 0.2) is 59.9 Å². The van der Waals surface area contributed by atoms with Gasteiger partial charge in [-0.15, -0.1) is 0 Å². The molecule has 2 aromatic heterocycles. The minimum Gasteiger partial charge on any atom is -0.271 e. The van der Waals surface area contributed by atoms with Gasteiger partial charge in [-0.25, -0.2) is 9.97 Å². The summed E-state index contributed by atoms with van der Waals surface area (Å²) in [5, 5.41) is 3.64. The van der Waals surface area contributed by atoms with Crippen molar-refractivity contribution in [3.8, 4) is 5.69 Å². The molecule has 0 spiro atoms. The molecule has 0 amide bonds. The van der Waals surface area contributed by atoms with E-state index in [0.717, 1.165) is 22.2 Å². The minimum absolute atomic E-state index is 0.0723. The first-order valence-corrected chi connectivity index (χ1v) is 10.4. The third kappa shape index (κ3) is 3.02. The van der Waals surface area contributed by atoms with Crippen molar-refractivity contribution >= 4 is 33.7 Å². The van der Waals surface area contributed by atoms with Crippen LogP contribution in [-0.2, 0) is 0 Å². The molecule has 1 saturated carbocycles. The molecule has 0 saturated heterocycles. The van der Waals surface area contributed by atoms with E-state index in [-0.39, 0.29) is 4.75 Å². The van der Waals surface area contributed by atoms with Crippen molar-refractivity contribution in [2.45, 2.75) is 49.4 Å². The van der Waals surface area contributed by atoms with Gasteiger partial charge in [0.1, 0.15) is 5.52 Å². The average molecular weight is 374 g/mol. The van der Waals surface area contributed by atoms with Crippen LogP contribution >= 0.6 is 11.8 Å². The molecule has 5 rings (SSSR count). The SMILES string of the molecule is CC(C)(C)Sc1nc2cccnc2n1-c1ccc(C2CC2)c2ccccc12. The molecule has 0 N–H and O–H groups in total. The molecule has 1 fully saturated rings. The van der Waals surface area contributed by atoms with E-state index in [1.54, 1.807) is 11.8 Å². The van der Waals surface area contributed by atoms with Crippen molar-refractivity contribution in [1.82, 2.24) is 14.5 Å². The lowest BCUT2D eigenvalue weighted by molar-refractivity contribution is 0.787. The largest absolute Gasteiger partial charge is 0.271 e. The lowest BCUT2D eigenvalue weighted by Gasteiger charge is -2.19. The second kappa shape index (κ2) is 6.10. The standard InChI is InChI=1S/C23H23N3S/c1-23(2,3)27-22-25-19-9-6-14-24-21(19)26(22)20-13-12-16(15-10-11-15)17-7-4-5-8-18(17)20/h4-9,12-15H,10-11H2,1-3H3. The predicted octanol–water partition coefficient (Wildman–Crippen LogP) is 6.34. The molecular weight excluding hydrogens is 350 g/mol. The minimum atomic E-state index is 0.0723. The van der Waals surface area contributed by atoms with Gasteiger partial charge in [0.15, 0.2) is 10.8 Å². The lowest BCUT2D eigenvalue weighted by atomic mass is 9.99. The topological polar surface area (TPSA) is 30.7 Å². The Bertz CT molecular complexity index is 1150. The summed E-state index contributed by atoms with van der Waals surface area (Å²) in [5.74, 6) is 0.727. The van der Waals surface area contributed by atoms with Crippen molar-refractivity contribution in [3.63, 3.8) is 0 Å². The van der Waals surface area contributed by atoms with Gasteiger partial charge in [-0.05, 0) is 47.9 Å². The van der Waals surface area contributed by atoms with Gasteiger partial charge in [-0.1, -0.05) is 62.9 Å². The molecule has 136 valence electrons. The van der Waals surface area contributed by atoms with E-state index in [2.05, 4.69) is 66.7 Å². The summed E-state index contributed by atoms with van der Waals surface area (Å²) in [6, 6.07) is 17.4. The molecule has 0 bridgehead atoms. The van der Waals surface area contributed by atoms with Gasteiger partial charge >= 0.3 is 0 Å². The van der Waals surface area contributed by atoms with Gasteiger partial charge < -0.3 is 0 Å². The van der Waals surface area contributed by atoms with Crippen molar-refractivity contribution in [2.75, 3.05) is 0 Å². The maximum absolute atomic E-state index is 4.91. The monoisotopic (exact) mass is 373 g/mol. The molecule has 2 aromatic carbocycles. The van der Waals surface area contributed by atoms with Crippen molar-refractivity contribution in [2.24, 2.45) is 0 Å². The molecule has 4 aromatic rings. The van der Waals surface area contributed by atoms with Crippen molar-refractivity contribution < 1.29 is 0 Å². The van der Waals surface area contributed by atoms with Crippen LogP contribution in [0.3, 0.4) is 0 Å². The number of hydrogen-bond acceptors (Lipinski definition) is 3. The highest BCUT2D eigenvalue weighted by Crippen LogP contribution is 2.45. The van der Waals surface area contributed by atoms with Crippen LogP contribution in [0.2, 0.25) is 0 Å². The number of aromatic nitrogens is 3. The first-order valence-electron chi connectivity index (χ1n) is 9.56. The summed E-state index contributed by atoms with van der Waals surface area (Å²) in [6.07, 6.45) is 4.47. The van der Waals surface area contributed by atoms with Crippen molar-refractivity contribution in [3.05, 3.63) is 60.3 Å². The maximum atomic E-state index is 4.91. The molecule has 0 aliphatic heterocycles. The Labute approximate surface area is 163 Å². The zero-order chi connectivity index (χ0) is 18.6. The number of benzene rings is 2. The molecule has 0 atom stereocenters. The van der Waals surface area contributed by atoms with Gasteiger partial charge in [0, 0.05) is 16.3 Å². The molecule has 1 aliphatic rings. The average Bonchev–Trinajstić information content (AvgIpc) is 3.41. The Hall–Kier alpha value is -2.33. The van der Waals surface area contributed by atoms with Gasteiger partial charge in [-0.2, -0.15) is 0 Å². The summed E-state index contributed by atoms with van der Waals surface area (Å²) in [7, 11) is 0. The second-order valence-electron chi connectivity index (χ2n) is 8.28. The van der Waals surface area contributed by atoms with E-state index in [0.29, 0.717) is 0 Å². The maximum Gasteiger partial charge on any atom is 0.175 e. The Morgan fingerprint density at radius 3 is 2.48 bits per heavy atom.